The van der Waals surface area contributed by atoms with Crippen molar-refractivity contribution in [3.63, 3.8) is 0 Å². The maximum atomic E-state index is 5.94. The lowest BCUT2D eigenvalue weighted by molar-refractivity contribution is -0.0415. The Hall–Kier alpha value is -0.0800. The van der Waals surface area contributed by atoms with Gasteiger partial charge < -0.3 is 10.1 Å². The molecular formula is C15H31NO. The van der Waals surface area contributed by atoms with Crippen molar-refractivity contribution in [2.75, 3.05) is 13.7 Å². The van der Waals surface area contributed by atoms with Crippen LogP contribution in [0.4, 0.5) is 0 Å². The summed E-state index contributed by atoms with van der Waals surface area (Å²) in [4.78, 5) is 0. The van der Waals surface area contributed by atoms with Crippen LogP contribution < -0.4 is 5.32 Å². The number of nitrogens with one attached hydrogen (secondary N) is 1. The first-order chi connectivity index (χ1) is 8.22. The van der Waals surface area contributed by atoms with Crippen LogP contribution in [0.3, 0.4) is 0 Å². The second kappa shape index (κ2) is 7.38. The predicted molar refractivity (Wildman–Crippen MR) is 74.4 cm³/mol. The summed E-state index contributed by atoms with van der Waals surface area (Å²) in [6.07, 6.45) is 8.99. The smallest absolute Gasteiger partial charge is 0.0831 e. The Morgan fingerprint density at radius 1 is 1.12 bits per heavy atom. The minimum Gasteiger partial charge on any atom is -0.377 e. The van der Waals surface area contributed by atoms with Gasteiger partial charge in [0.15, 0.2) is 0 Å². The molecule has 1 fully saturated rings. The molecule has 1 N–H and O–H groups in total. The van der Waals surface area contributed by atoms with Crippen molar-refractivity contribution in [2.45, 2.75) is 77.4 Å². The monoisotopic (exact) mass is 241 g/mol. The zero-order chi connectivity index (χ0) is 12.7. The molecule has 0 bridgehead atoms. The van der Waals surface area contributed by atoms with Gasteiger partial charge in [-0.25, -0.2) is 0 Å². The molecule has 0 aromatic rings. The lowest BCUT2D eigenvalue weighted by Gasteiger charge is -2.38. The molecule has 0 saturated heterocycles. The number of methoxy groups -OCH3 is 1. The van der Waals surface area contributed by atoms with Gasteiger partial charge in [0, 0.05) is 13.2 Å². The van der Waals surface area contributed by atoms with E-state index >= 15 is 0 Å². The zero-order valence-corrected chi connectivity index (χ0v) is 12.2. The van der Waals surface area contributed by atoms with Crippen molar-refractivity contribution in [1.82, 2.24) is 5.32 Å². The summed E-state index contributed by atoms with van der Waals surface area (Å²) in [7, 11) is 1.91. The maximum absolute atomic E-state index is 5.94. The molecule has 0 spiro atoms. The highest BCUT2D eigenvalue weighted by Gasteiger charge is 2.41. The SMILES string of the molecule is CCNC(CC(CC)CC)C1(OC)CCCC1. The summed E-state index contributed by atoms with van der Waals surface area (Å²) in [6.45, 7) is 7.88. The Morgan fingerprint density at radius 3 is 2.12 bits per heavy atom. The lowest BCUT2D eigenvalue weighted by Crippen LogP contribution is -2.51. The molecule has 1 unspecified atom stereocenters. The number of ether oxygens (including phenoxy) is 1. The van der Waals surface area contributed by atoms with E-state index in [2.05, 4.69) is 26.1 Å². The van der Waals surface area contributed by atoms with Crippen molar-refractivity contribution < 1.29 is 4.74 Å². The van der Waals surface area contributed by atoms with Gasteiger partial charge in [-0.3, -0.25) is 0 Å². The number of rotatable bonds is 8. The zero-order valence-electron chi connectivity index (χ0n) is 12.2. The first-order valence-electron chi connectivity index (χ1n) is 7.50. The van der Waals surface area contributed by atoms with E-state index in [4.69, 9.17) is 4.74 Å². The Balaban J connectivity index is 2.68. The molecule has 0 radical (unpaired) electrons. The molecule has 102 valence electrons. The summed E-state index contributed by atoms with van der Waals surface area (Å²) in [5, 5.41) is 3.69. The fourth-order valence-electron chi connectivity index (χ4n) is 3.35. The van der Waals surface area contributed by atoms with Gasteiger partial charge in [0.05, 0.1) is 5.60 Å². The highest BCUT2D eigenvalue weighted by molar-refractivity contribution is 4.97. The summed E-state index contributed by atoms with van der Waals surface area (Å²) in [5.74, 6) is 0.840. The average Bonchev–Trinajstić information content (AvgIpc) is 2.84. The summed E-state index contributed by atoms with van der Waals surface area (Å²) in [6, 6.07) is 0.546. The number of hydrogen-bond donors (Lipinski definition) is 1. The average molecular weight is 241 g/mol. The Labute approximate surface area is 108 Å². The summed E-state index contributed by atoms with van der Waals surface area (Å²) < 4.78 is 5.94. The van der Waals surface area contributed by atoms with Crippen LogP contribution in [-0.2, 0) is 4.74 Å². The minimum atomic E-state index is 0.124. The van der Waals surface area contributed by atoms with Gasteiger partial charge in [-0.1, -0.05) is 46.5 Å². The van der Waals surface area contributed by atoms with Crippen molar-refractivity contribution >= 4 is 0 Å². The van der Waals surface area contributed by atoms with Crippen LogP contribution in [0.5, 0.6) is 0 Å². The first-order valence-corrected chi connectivity index (χ1v) is 7.50. The third-order valence-corrected chi connectivity index (χ3v) is 4.67. The molecule has 0 aromatic heterocycles. The maximum Gasteiger partial charge on any atom is 0.0831 e. The Bertz CT molecular complexity index is 195. The molecule has 1 aliphatic carbocycles. The topological polar surface area (TPSA) is 21.3 Å². The van der Waals surface area contributed by atoms with Crippen LogP contribution in [0.2, 0.25) is 0 Å². The highest BCUT2D eigenvalue weighted by atomic mass is 16.5. The summed E-state index contributed by atoms with van der Waals surface area (Å²) in [5.41, 5.74) is 0.124. The predicted octanol–water partition coefficient (Wildman–Crippen LogP) is 3.75. The second-order valence-corrected chi connectivity index (χ2v) is 5.50. The standard InChI is InChI=1S/C15H31NO/c1-5-13(6-2)12-14(16-7-3)15(17-4)10-8-9-11-15/h13-14,16H,5-12H2,1-4H3. The van der Waals surface area contributed by atoms with Gasteiger partial charge in [-0.2, -0.15) is 0 Å². The van der Waals surface area contributed by atoms with E-state index in [1.165, 1.54) is 44.9 Å². The molecule has 17 heavy (non-hydrogen) atoms. The van der Waals surface area contributed by atoms with E-state index in [-0.39, 0.29) is 5.60 Å². The third-order valence-electron chi connectivity index (χ3n) is 4.67. The molecular weight excluding hydrogens is 210 g/mol. The van der Waals surface area contributed by atoms with Crippen LogP contribution in [0.15, 0.2) is 0 Å². The van der Waals surface area contributed by atoms with Crippen LogP contribution in [0.1, 0.15) is 65.7 Å². The molecule has 1 rings (SSSR count). The molecule has 0 amide bonds. The van der Waals surface area contributed by atoms with Crippen LogP contribution >= 0.6 is 0 Å². The van der Waals surface area contributed by atoms with E-state index in [1.807, 2.05) is 7.11 Å². The molecule has 2 heteroatoms. The van der Waals surface area contributed by atoms with E-state index < -0.39 is 0 Å². The third kappa shape index (κ3) is 3.69. The van der Waals surface area contributed by atoms with E-state index in [9.17, 15) is 0 Å². The van der Waals surface area contributed by atoms with E-state index in [0.29, 0.717) is 6.04 Å². The van der Waals surface area contributed by atoms with Crippen LogP contribution in [0, 0.1) is 5.92 Å². The number of hydrogen-bond acceptors (Lipinski definition) is 2. The van der Waals surface area contributed by atoms with Crippen molar-refractivity contribution in [3.8, 4) is 0 Å². The summed E-state index contributed by atoms with van der Waals surface area (Å²) >= 11 is 0. The molecule has 0 heterocycles. The minimum absolute atomic E-state index is 0.124. The molecule has 0 aliphatic heterocycles. The molecule has 1 atom stereocenters. The van der Waals surface area contributed by atoms with Crippen molar-refractivity contribution in [1.29, 1.82) is 0 Å². The van der Waals surface area contributed by atoms with Gasteiger partial charge in [0.2, 0.25) is 0 Å². The normalized spacial score (nSPS) is 21.0. The molecule has 1 saturated carbocycles. The van der Waals surface area contributed by atoms with Gasteiger partial charge in [0.25, 0.3) is 0 Å². The fourth-order valence-corrected chi connectivity index (χ4v) is 3.35. The highest BCUT2D eigenvalue weighted by Crippen LogP contribution is 2.38. The van der Waals surface area contributed by atoms with Crippen LogP contribution in [0.25, 0.3) is 0 Å². The fraction of sp³-hybridized carbons (Fsp3) is 1.00. The molecule has 1 aliphatic rings. The molecule has 0 aromatic carbocycles. The van der Waals surface area contributed by atoms with E-state index in [1.54, 1.807) is 0 Å². The quantitative estimate of drug-likeness (QED) is 0.699. The van der Waals surface area contributed by atoms with Gasteiger partial charge in [-0.15, -0.1) is 0 Å². The van der Waals surface area contributed by atoms with Gasteiger partial charge in [0.1, 0.15) is 0 Å². The number of likely N-dealkylation sites (N-methyl/N-ethyl adjacent to an activating group) is 1. The first kappa shape index (κ1) is 15.0. The second-order valence-electron chi connectivity index (χ2n) is 5.50. The van der Waals surface area contributed by atoms with Crippen LogP contribution in [-0.4, -0.2) is 25.3 Å². The van der Waals surface area contributed by atoms with Crippen molar-refractivity contribution in [2.24, 2.45) is 5.92 Å². The van der Waals surface area contributed by atoms with Gasteiger partial charge >= 0.3 is 0 Å². The van der Waals surface area contributed by atoms with E-state index in [0.717, 1.165) is 12.5 Å². The lowest BCUT2D eigenvalue weighted by atomic mass is 9.83. The molecule has 2 nitrogen and oxygen atoms in total. The largest absolute Gasteiger partial charge is 0.377 e. The van der Waals surface area contributed by atoms with Crippen molar-refractivity contribution in [3.05, 3.63) is 0 Å². The Kier molecular flexibility index (Phi) is 6.50. The van der Waals surface area contributed by atoms with Gasteiger partial charge in [-0.05, 0) is 31.7 Å². The Morgan fingerprint density at radius 2 is 1.71 bits per heavy atom.